The van der Waals surface area contributed by atoms with Gasteiger partial charge in [0.25, 0.3) is 5.91 Å². The zero-order valence-electron chi connectivity index (χ0n) is 19.1. The molecular formula is C24H21F3N4O4. The van der Waals surface area contributed by atoms with E-state index in [9.17, 15) is 18.0 Å². The maximum absolute atomic E-state index is 13.3. The van der Waals surface area contributed by atoms with E-state index >= 15 is 0 Å². The number of halogens is 3. The number of rotatable bonds is 6. The van der Waals surface area contributed by atoms with Crippen LogP contribution in [0.3, 0.4) is 0 Å². The molecule has 1 aromatic heterocycles. The number of ether oxygens (including phenoxy) is 2. The van der Waals surface area contributed by atoms with Gasteiger partial charge >= 0.3 is 6.18 Å². The van der Waals surface area contributed by atoms with E-state index in [-0.39, 0.29) is 30.6 Å². The average molecular weight is 486 g/mol. The first kappa shape index (κ1) is 24.1. The standard InChI is InChI=1S/C24H21F3N4O4/c1-23(2)13-31(12-19-29-30-21(35-19)14-5-4-6-16(9-14)33-3)22(32)20(23)34-17-8-7-15(11-28)18(10-17)24(25,26)27/h4-10,20H,12-13H2,1-3H3. The largest absolute Gasteiger partial charge is 0.497 e. The fraction of sp³-hybridized carbons (Fsp3) is 0.333. The number of nitrogens with zero attached hydrogens (tertiary/aromatic N) is 4. The molecule has 1 aliphatic heterocycles. The van der Waals surface area contributed by atoms with Gasteiger partial charge in [0.05, 0.1) is 30.9 Å². The second-order valence-electron chi connectivity index (χ2n) is 8.73. The Morgan fingerprint density at radius 1 is 1.20 bits per heavy atom. The molecule has 1 unspecified atom stereocenters. The monoisotopic (exact) mass is 486 g/mol. The molecule has 4 rings (SSSR count). The number of alkyl halides is 3. The van der Waals surface area contributed by atoms with E-state index in [1.54, 1.807) is 45.2 Å². The molecule has 1 saturated heterocycles. The van der Waals surface area contributed by atoms with Crippen LogP contribution in [-0.2, 0) is 17.5 Å². The molecule has 0 bridgehead atoms. The van der Waals surface area contributed by atoms with E-state index in [0.29, 0.717) is 11.3 Å². The third kappa shape index (κ3) is 4.91. The number of hydrogen-bond acceptors (Lipinski definition) is 7. The first-order valence-electron chi connectivity index (χ1n) is 10.6. The van der Waals surface area contributed by atoms with Crippen LogP contribution in [0.4, 0.5) is 13.2 Å². The fourth-order valence-corrected chi connectivity index (χ4v) is 3.91. The Kier molecular flexibility index (Phi) is 6.15. The highest BCUT2D eigenvalue weighted by Crippen LogP contribution is 2.38. The van der Waals surface area contributed by atoms with Crippen LogP contribution in [-0.4, -0.2) is 40.8 Å². The summed E-state index contributed by atoms with van der Waals surface area (Å²) in [5, 5.41) is 17.0. The number of carbonyl (C=O) groups excluding carboxylic acids is 1. The van der Waals surface area contributed by atoms with Crippen molar-refractivity contribution in [2.75, 3.05) is 13.7 Å². The Balaban J connectivity index is 1.51. The predicted molar refractivity (Wildman–Crippen MR) is 116 cm³/mol. The lowest BCUT2D eigenvalue weighted by molar-refractivity contribution is -0.138. The van der Waals surface area contributed by atoms with Crippen molar-refractivity contribution in [3.8, 4) is 29.0 Å². The van der Waals surface area contributed by atoms with Gasteiger partial charge in [-0.25, -0.2) is 0 Å². The van der Waals surface area contributed by atoms with Gasteiger partial charge in [-0.05, 0) is 36.4 Å². The van der Waals surface area contributed by atoms with E-state index in [4.69, 9.17) is 19.2 Å². The second-order valence-corrected chi connectivity index (χ2v) is 8.73. The highest BCUT2D eigenvalue weighted by molar-refractivity contribution is 5.84. The Morgan fingerprint density at radius 2 is 1.97 bits per heavy atom. The Labute approximate surface area is 198 Å². The number of methoxy groups -OCH3 is 1. The molecular weight excluding hydrogens is 465 g/mol. The number of likely N-dealkylation sites (tertiary alicyclic amines) is 1. The van der Waals surface area contributed by atoms with Gasteiger partial charge in [-0.1, -0.05) is 19.9 Å². The molecule has 2 heterocycles. The first-order valence-corrected chi connectivity index (χ1v) is 10.6. The summed E-state index contributed by atoms with van der Waals surface area (Å²) < 4.78 is 56.6. The van der Waals surface area contributed by atoms with Gasteiger partial charge in [-0.15, -0.1) is 10.2 Å². The van der Waals surface area contributed by atoms with Gasteiger partial charge in [-0.2, -0.15) is 18.4 Å². The number of carbonyl (C=O) groups is 1. The molecule has 1 fully saturated rings. The van der Waals surface area contributed by atoms with Crippen molar-refractivity contribution in [1.82, 2.24) is 15.1 Å². The quantitative estimate of drug-likeness (QED) is 0.507. The van der Waals surface area contributed by atoms with Crippen LogP contribution in [0, 0.1) is 16.7 Å². The Morgan fingerprint density at radius 3 is 2.66 bits per heavy atom. The highest BCUT2D eigenvalue weighted by atomic mass is 19.4. The molecule has 0 N–H and O–H groups in total. The van der Waals surface area contributed by atoms with Crippen molar-refractivity contribution < 1.29 is 31.9 Å². The third-order valence-electron chi connectivity index (χ3n) is 5.62. The Bertz CT molecular complexity index is 1300. The van der Waals surface area contributed by atoms with Crippen molar-refractivity contribution >= 4 is 5.91 Å². The van der Waals surface area contributed by atoms with E-state index < -0.39 is 34.7 Å². The van der Waals surface area contributed by atoms with E-state index in [1.807, 2.05) is 0 Å². The summed E-state index contributed by atoms with van der Waals surface area (Å²) in [6, 6.07) is 11.6. The van der Waals surface area contributed by atoms with Crippen molar-refractivity contribution in [3.05, 3.63) is 59.5 Å². The van der Waals surface area contributed by atoms with Crippen molar-refractivity contribution in [2.45, 2.75) is 32.7 Å². The van der Waals surface area contributed by atoms with Crippen LogP contribution < -0.4 is 9.47 Å². The predicted octanol–water partition coefficient (Wildman–Crippen LogP) is 4.45. The molecule has 182 valence electrons. The molecule has 11 heteroatoms. The minimum absolute atomic E-state index is 0.0141. The summed E-state index contributed by atoms with van der Waals surface area (Å²) in [4.78, 5) is 14.6. The smallest absolute Gasteiger partial charge is 0.417 e. The Hall–Kier alpha value is -4.07. The van der Waals surface area contributed by atoms with E-state index in [1.165, 1.54) is 17.0 Å². The second kappa shape index (κ2) is 8.94. The molecule has 0 spiro atoms. The minimum Gasteiger partial charge on any atom is -0.497 e. The molecule has 0 radical (unpaired) electrons. The van der Waals surface area contributed by atoms with E-state index in [0.717, 1.165) is 12.1 Å². The van der Waals surface area contributed by atoms with E-state index in [2.05, 4.69) is 10.2 Å². The molecule has 3 aromatic rings. The van der Waals surface area contributed by atoms with Crippen molar-refractivity contribution in [2.24, 2.45) is 5.41 Å². The molecule has 0 saturated carbocycles. The zero-order valence-corrected chi connectivity index (χ0v) is 19.1. The third-order valence-corrected chi connectivity index (χ3v) is 5.62. The summed E-state index contributed by atoms with van der Waals surface area (Å²) >= 11 is 0. The maximum Gasteiger partial charge on any atom is 0.417 e. The van der Waals surface area contributed by atoms with Gasteiger partial charge in [-0.3, -0.25) is 4.79 Å². The zero-order chi connectivity index (χ0) is 25.4. The summed E-state index contributed by atoms with van der Waals surface area (Å²) in [5.74, 6) is 0.507. The lowest BCUT2D eigenvalue weighted by Crippen LogP contribution is -2.36. The fourth-order valence-electron chi connectivity index (χ4n) is 3.91. The van der Waals surface area contributed by atoms with Gasteiger partial charge < -0.3 is 18.8 Å². The van der Waals surface area contributed by atoms with Crippen molar-refractivity contribution in [3.63, 3.8) is 0 Å². The number of aromatic nitrogens is 2. The summed E-state index contributed by atoms with van der Waals surface area (Å²) in [6.07, 6.45) is -5.78. The highest BCUT2D eigenvalue weighted by Gasteiger charge is 2.48. The summed E-state index contributed by atoms with van der Waals surface area (Å²) in [7, 11) is 1.54. The molecule has 1 amide bonds. The summed E-state index contributed by atoms with van der Waals surface area (Å²) in [5.41, 5.74) is -1.71. The van der Waals surface area contributed by atoms with Gasteiger partial charge in [0.1, 0.15) is 11.5 Å². The topological polar surface area (TPSA) is 101 Å². The number of benzene rings is 2. The van der Waals surface area contributed by atoms with Crippen LogP contribution in [0.5, 0.6) is 11.5 Å². The minimum atomic E-state index is -4.73. The molecule has 2 aromatic carbocycles. The molecule has 1 aliphatic rings. The lowest BCUT2D eigenvalue weighted by Gasteiger charge is -2.24. The number of nitriles is 1. The van der Waals surface area contributed by atoms with Crippen LogP contribution in [0.25, 0.3) is 11.5 Å². The molecule has 8 nitrogen and oxygen atoms in total. The molecule has 35 heavy (non-hydrogen) atoms. The van der Waals surface area contributed by atoms with Gasteiger partial charge in [0.2, 0.25) is 11.8 Å². The van der Waals surface area contributed by atoms with Crippen LogP contribution >= 0.6 is 0 Å². The first-order chi connectivity index (χ1) is 16.5. The van der Waals surface area contributed by atoms with Gasteiger partial charge in [0, 0.05) is 17.5 Å². The number of amides is 1. The average Bonchev–Trinajstić information content (AvgIpc) is 3.36. The van der Waals surface area contributed by atoms with Gasteiger partial charge in [0.15, 0.2) is 6.10 Å². The normalized spacial score (nSPS) is 17.3. The number of hydrogen-bond donors (Lipinski definition) is 0. The van der Waals surface area contributed by atoms with Crippen LogP contribution in [0.2, 0.25) is 0 Å². The van der Waals surface area contributed by atoms with Crippen LogP contribution in [0.15, 0.2) is 46.9 Å². The van der Waals surface area contributed by atoms with Crippen molar-refractivity contribution in [1.29, 1.82) is 5.26 Å². The maximum atomic E-state index is 13.3. The SMILES string of the molecule is COc1cccc(-c2nnc(CN3CC(C)(C)C(Oc4ccc(C#N)c(C(F)(F)F)c4)C3=O)o2)c1. The molecule has 1 atom stereocenters. The molecule has 0 aliphatic carbocycles. The van der Waals surface area contributed by atoms with Crippen LogP contribution in [0.1, 0.15) is 30.9 Å². The lowest BCUT2D eigenvalue weighted by atomic mass is 9.89. The summed E-state index contributed by atoms with van der Waals surface area (Å²) in [6.45, 7) is 3.83.